The van der Waals surface area contributed by atoms with E-state index in [9.17, 15) is 9.59 Å². The molecular formula is C11H17N5O3. The molecule has 0 saturated carbocycles. The molecule has 1 N–H and O–H groups in total. The minimum Gasteiger partial charge on any atom is -0.467 e. The summed E-state index contributed by atoms with van der Waals surface area (Å²) in [6.45, 7) is 2.39. The number of ether oxygens (including phenoxy) is 1. The van der Waals surface area contributed by atoms with Crippen molar-refractivity contribution >= 4 is 11.9 Å². The van der Waals surface area contributed by atoms with Gasteiger partial charge < -0.3 is 9.64 Å². The van der Waals surface area contributed by atoms with Crippen LogP contribution in [0.2, 0.25) is 0 Å². The molecule has 1 saturated heterocycles. The normalized spacial score (nSPS) is 20.3. The number of nitrogens with zero attached hydrogens (tertiary/aromatic N) is 4. The highest BCUT2D eigenvalue weighted by Crippen LogP contribution is 2.21. The summed E-state index contributed by atoms with van der Waals surface area (Å²) >= 11 is 0. The molecule has 2 atom stereocenters. The second-order valence-corrected chi connectivity index (χ2v) is 4.65. The van der Waals surface area contributed by atoms with Gasteiger partial charge in [-0.1, -0.05) is 12.1 Å². The number of tetrazole rings is 1. The van der Waals surface area contributed by atoms with E-state index in [1.807, 2.05) is 0 Å². The molecule has 0 radical (unpaired) electrons. The summed E-state index contributed by atoms with van der Waals surface area (Å²) < 4.78 is 4.73. The summed E-state index contributed by atoms with van der Waals surface area (Å²) in [4.78, 5) is 25.5. The number of aromatic nitrogens is 4. The van der Waals surface area contributed by atoms with Gasteiger partial charge in [-0.05, 0) is 12.8 Å². The molecule has 104 valence electrons. The summed E-state index contributed by atoms with van der Waals surface area (Å²) in [6.07, 6.45) is 1.88. The fraction of sp³-hybridized carbons (Fsp3) is 0.727. The van der Waals surface area contributed by atoms with E-state index >= 15 is 0 Å². The Morgan fingerprint density at radius 3 is 3.00 bits per heavy atom. The van der Waals surface area contributed by atoms with Crippen LogP contribution >= 0.6 is 0 Å². The smallest absolute Gasteiger partial charge is 0.328 e. The first-order valence-corrected chi connectivity index (χ1v) is 6.24. The molecule has 1 aromatic heterocycles. The van der Waals surface area contributed by atoms with E-state index in [1.54, 1.807) is 11.8 Å². The molecule has 8 nitrogen and oxygen atoms in total. The van der Waals surface area contributed by atoms with E-state index < -0.39 is 6.04 Å². The number of carbonyl (C=O) groups is 2. The topological polar surface area (TPSA) is 101 Å². The zero-order chi connectivity index (χ0) is 13.8. The first kappa shape index (κ1) is 13.4. The van der Waals surface area contributed by atoms with E-state index in [-0.39, 0.29) is 17.8 Å². The highest BCUT2D eigenvalue weighted by molar-refractivity contribution is 5.86. The Balaban J connectivity index is 2.00. The monoisotopic (exact) mass is 267 g/mol. The molecule has 2 rings (SSSR count). The van der Waals surface area contributed by atoms with Gasteiger partial charge in [-0.25, -0.2) is 4.79 Å². The average Bonchev–Trinajstić information content (AvgIpc) is 3.07. The fourth-order valence-electron chi connectivity index (χ4n) is 2.32. The van der Waals surface area contributed by atoms with Crippen LogP contribution in [-0.2, 0) is 20.7 Å². The first-order valence-electron chi connectivity index (χ1n) is 6.24. The summed E-state index contributed by atoms with van der Waals surface area (Å²) in [5, 5.41) is 13.5. The van der Waals surface area contributed by atoms with Crippen molar-refractivity contribution in [1.29, 1.82) is 0 Å². The Morgan fingerprint density at radius 1 is 1.58 bits per heavy atom. The van der Waals surface area contributed by atoms with Gasteiger partial charge in [0.1, 0.15) is 6.04 Å². The average molecular weight is 267 g/mol. The fourth-order valence-corrected chi connectivity index (χ4v) is 2.32. The first-order chi connectivity index (χ1) is 9.13. The number of methoxy groups -OCH3 is 1. The van der Waals surface area contributed by atoms with Crippen LogP contribution in [0.3, 0.4) is 0 Å². The van der Waals surface area contributed by atoms with E-state index in [2.05, 4.69) is 20.6 Å². The lowest BCUT2D eigenvalue weighted by Gasteiger charge is -2.25. The number of H-pyrrole nitrogens is 1. The van der Waals surface area contributed by atoms with Gasteiger partial charge in [0.25, 0.3) is 0 Å². The largest absolute Gasteiger partial charge is 0.467 e. The van der Waals surface area contributed by atoms with Crippen LogP contribution in [-0.4, -0.2) is 57.1 Å². The maximum atomic E-state index is 12.3. The standard InChI is InChI=1S/C11H17N5O3/c1-7(6-9-12-14-15-13-9)10(17)16-5-3-4-8(16)11(18)19-2/h7-8H,3-6H2,1-2H3,(H,12,13,14,15). The van der Waals surface area contributed by atoms with Crippen molar-refractivity contribution < 1.29 is 14.3 Å². The van der Waals surface area contributed by atoms with Crippen molar-refractivity contribution in [3.05, 3.63) is 5.82 Å². The van der Waals surface area contributed by atoms with Crippen molar-refractivity contribution in [2.75, 3.05) is 13.7 Å². The third kappa shape index (κ3) is 2.88. The van der Waals surface area contributed by atoms with Gasteiger partial charge in [-0.15, -0.1) is 10.2 Å². The van der Waals surface area contributed by atoms with Crippen LogP contribution in [0.5, 0.6) is 0 Å². The summed E-state index contributed by atoms with van der Waals surface area (Å²) in [7, 11) is 1.34. The van der Waals surface area contributed by atoms with Gasteiger partial charge in [-0.3, -0.25) is 4.79 Å². The number of likely N-dealkylation sites (tertiary alicyclic amines) is 1. The van der Waals surface area contributed by atoms with Crippen LogP contribution in [0.25, 0.3) is 0 Å². The minimum atomic E-state index is -0.454. The number of hydrogen-bond acceptors (Lipinski definition) is 6. The van der Waals surface area contributed by atoms with E-state index in [1.165, 1.54) is 7.11 Å². The van der Waals surface area contributed by atoms with Gasteiger partial charge >= 0.3 is 5.97 Å². The van der Waals surface area contributed by atoms with E-state index in [0.29, 0.717) is 25.2 Å². The van der Waals surface area contributed by atoms with Crippen molar-refractivity contribution in [3.63, 3.8) is 0 Å². The Bertz CT molecular complexity index is 447. The molecule has 19 heavy (non-hydrogen) atoms. The molecule has 0 bridgehead atoms. The van der Waals surface area contributed by atoms with Crippen molar-refractivity contribution in [2.24, 2.45) is 5.92 Å². The number of rotatable bonds is 4. The molecule has 2 heterocycles. The Labute approximate surface area is 110 Å². The third-order valence-corrected chi connectivity index (χ3v) is 3.31. The van der Waals surface area contributed by atoms with Gasteiger partial charge in [0.05, 0.1) is 7.11 Å². The van der Waals surface area contributed by atoms with Crippen LogP contribution in [0, 0.1) is 5.92 Å². The molecule has 1 aliphatic rings. The minimum absolute atomic E-state index is 0.0716. The molecule has 8 heteroatoms. The second kappa shape index (κ2) is 5.77. The predicted octanol–water partition coefficient (Wildman–Crippen LogP) is -0.458. The van der Waals surface area contributed by atoms with E-state index in [4.69, 9.17) is 4.74 Å². The molecular weight excluding hydrogens is 250 g/mol. The maximum Gasteiger partial charge on any atom is 0.328 e. The molecule has 1 amide bonds. The van der Waals surface area contributed by atoms with Crippen molar-refractivity contribution in [3.8, 4) is 0 Å². The lowest BCUT2D eigenvalue weighted by atomic mass is 10.1. The summed E-state index contributed by atoms with van der Waals surface area (Å²) in [6, 6.07) is -0.454. The van der Waals surface area contributed by atoms with Crippen LogP contribution in [0.15, 0.2) is 0 Å². The van der Waals surface area contributed by atoms with Crippen molar-refractivity contribution in [1.82, 2.24) is 25.5 Å². The molecule has 0 spiro atoms. The Morgan fingerprint density at radius 2 is 2.37 bits per heavy atom. The quantitative estimate of drug-likeness (QED) is 0.741. The number of aromatic amines is 1. The number of hydrogen-bond donors (Lipinski definition) is 1. The highest BCUT2D eigenvalue weighted by Gasteiger charge is 2.36. The molecule has 1 aromatic rings. The predicted molar refractivity (Wildman–Crippen MR) is 63.8 cm³/mol. The van der Waals surface area contributed by atoms with Crippen LogP contribution in [0.4, 0.5) is 0 Å². The number of carbonyl (C=O) groups excluding carboxylic acids is 2. The zero-order valence-electron chi connectivity index (χ0n) is 11.0. The maximum absolute atomic E-state index is 12.3. The van der Waals surface area contributed by atoms with Crippen molar-refractivity contribution in [2.45, 2.75) is 32.2 Å². The molecule has 0 aliphatic carbocycles. The highest BCUT2D eigenvalue weighted by atomic mass is 16.5. The molecule has 1 aliphatic heterocycles. The third-order valence-electron chi connectivity index (χ3n) is 3.31. The summed E-state index contributed by atoms with van der Waals surface area (Å²) in [5.41, 5.74) is 0. The van der Waals surface area contributed by atoms with Gasteiger partial charge in [0.15, 0.2) is 5.82 Å². The second-order valence-electron chi connectivity index (χ2n) is 4.65. The van der Waals surface area contributed by atoms with Crippen LogP contribution < -0.4 is 0 Å². The lowest BCUT2D eigenvalue weighted by Crippen LogP contribution is -2.43. The molecule has 1 fully saturated rings. The van der Waals surface area contributed by atoms with E-state index in [0.717, 1.165) is 6.42 Å². The van der Waals surface area contributed by atoms with Gasteiger partial charge in [0.2, 0.25) is 5.91 Å². The van der Waals surface area contributed by atoms with Gasteiger partial charge in [0, 0.05) is 18.9 Å². The van der Waals surface area contributed by atoms with Gasteiger partial charge in [-0.2, -0.15) is 5.21 Å². The zero-order valence-corrected chi connectivity index (χ0v) is 11.0. The lowest BCUT2D eigenvalue weighted by molar-refractivity contribution is -0.152. The molecule has 0 aromatic carbocycles. The Kier molecular flexibility index (Phi) is 4.08. The number of nitrogens with one attached hydrogen (secondary N) is 1. The summed E-state index contributed by atoms with van der Waals surface area (Å²) in [5.74, 6) is -0.215. The molecule has 2 unspecified atom stereocenters. The SMILES string of the molecule is COC(=O)C1CCCN1C(=O)C(C)Cc1nn[nH]n1. The number of amides is 1. The number of esters is 1. The van der Waals surface area contributed by atoms with Crippen LogP contribution in [0.1, 0.15) is 25.6 Å². The Hall–Kier alpha value is -1.99.